The highest BCUT2D eigenvalue weighted by molar-refractivity contribution is 5.73. The maximum atomic E-state index is 13.9. The van der Waals surface area contributed by atoms with Crippen LogP contribution in [0.25, 0.3) is 11.1 Å². The van der Waals surface area contributed by atoms with Gasteiger partial charge in [-0.2, -0.15) is 13.2 Å². The normalized spacial score (nSPS) is 14.8. The molecular weight excluding hydrogens is 292 g/mol. The van der Waals surface area contributed by atoms with Crippen LogP contribution in [0.3, 0.4) is 0 Å². The highest BCUT2D eigenvalue weighted by atomic mass is 19.4. The lowest BCUT2D eigenvalue weighted by Crippen LogP contribution is -2.10. The molecule has 22 heavy (non-hydrogen) atoms. The van der Waals surface area contributed by atoms with Crippen molar-refractivity contribution < 1.29 is 17.6 Å². The standard InChI is InChI=1S/C18H16F4/c1-11-6-7-15(17(8-11)18(20,21)22)16-10-13(19)9-12-4-2-3-5-14(12)16/h6-10H,2-5H2,1H3. The quantitative estimate of drug-likeness (QED) is 0.593. The van der Waals surface area contributed by atoms with Gasteiger partial charge >= 0.3 is 6.18 Å². The Labute approximate surface area is 126 Å². The molecule has 0 heterocycles. The van der Waals surface area contributed by atoms with E-state index in [1.807, 2.05) is 0 Å². The molecule has 0 fully saturated rings. The van der Waals surface area contributed by atoms with Gasteiger partial charge in [0.05, 0.1) is 5.56 Å². The van der Waals surface area contributed by atoms with Crippen molar-refractivity contribution in [3.8, 4) is 11.1 Å². The molecule has 116 valence electrons. The third kappa shape index (κ3) is 2.74. The van der Waals surface area contributed by atoms with E-state index in [4.69, 9.17) is 0 Å². The Morgan fingerprint density at radius 3 is 2.36 bits per heavy atom. The molecule has 0 bridgehead atoms. The van der Waals surface area contributed by atoms with E-state index in [2.05, 4.69) is 0 Å². The second kappa shape index (κ2) is 5.41. The Morgan fingerprint density at radius 2 is 1.64 bits per heavy atom. The summed E-state index contributed by atoms with van der Waals surface area (Å²) >= 11 is 0. The highest BCUT2D eigenvalue weighted by Crippen LogP contribution is 2.41. The zero-order valence-corrected chi connectivity index (χ0v) is 12.2. The highest BCUT2D eigenvalue weighted by Gasteiger charge is 2.34. The van der Waals surface area contributed by atoms with Crippen LogP contribution < -0.4 is 0 Å². The van der Waals surface area contributed by atoms with E-state index in [0.717, 1.165) is 36.5 Å². The first-order valence-corrected chi connectivity index (χ1v) is 7.36. The summed E-state index contributed by atoms with van der Waals surface area (Å²) in [6, 6.07) is 6.94. The number of hydrogen-bond donors (Lipinski definition) is 0. The van der Waals surface area contributed by atoms with Crippen LogP contribution in [0, 0.1) is 12.7 Å². The molecule has 0 unspecified atom stereocenters. The van der Waals surface area contributed by atoms with Crippen molar-refractivity contribution in [2.45, 2.75) is 38.8 Å². The summed E-state index contributed by atoms with van der Waals surface area (Å²) in [5.74, 6) is -0.468. The Hall–Kier alpha value is -1.84. The minimum absolute atomic E-state index is 0.0794. The molecule has 0 saturated carbocycles. The van der Waals surface area contributed by atoms with Crippen LogP contribution in [0.5, 0.6) is 0 Å². The Bertz CT molecular complexity index is 714. The summed E-state index contributed by atoms with van der Waals surface area (Å²) in [6.45, 7) is 1.63. The molecule has 0 aromatic heterocycles. The Kier molecular flexibility index (Phi) is 3.71. The summed E-state index contributed by atoms with van der Waals surface area (Å²) in [5, 5.41) is 0. The van der Waals surface area contributed by atoms with E-state index in [9.17, 15) is 17.6 Å². The molecule has 1 aliphatic rings. The fourth-order valence-corrected chi connectivity index (χ4v) is 3.20. The average molecular weight is 308 g/mol. The topological polar surface area (TPSA) is 0 Å². The minimum atomic E-state index is -4.45. The molecule has 3 rings (SSSR count). The number of aryl methyl sites for hydroxylation is 2. The summed E-state index contributed by atoms with van der Waals surface area (Å²) in [6.07, 6.45) is -1.13. The number of halogens is 4. The van der Waals surface area contributed by atoms with Gasteiger partial charge in [-0.15, -0.1) is 0 Å². The summed E-state index contributed by atoms with van der Waals surface area (Å²) < 4.78 is 53.9. The van der Waals surface area contributed by atoms with Crippen molar-refractivity contribution in [3.05, 3.63) is 58.4 Å². The number of fused-ring (bicyclic) bond motifs is 1. The molecular formula is C18H16F4. The molecule has 0 atom stereocenters. The maximum absolute atomic E-state index is 13.9. The van der Waals surface area contributed by atoms with Gasteiger partial charge in [0.2, 0.25) is 0 Å². The molecule has 0 N–H and O–H groups in total. The number of hydrogen-bond acceptors (Lipinski definition) is 0. The predicted molar refractivity (Wildman–Crippen MR) is 78.2 cm³/mol. The van der Waals surface area contributed by atoms with E-state index in [-0.39, 0.29) is 5.56 Å². The minimum Gasteiger partial charge on any atom is -0.207 e. The molecule has 2 aromatic rings. The van der Waals surface area contributed by atoms with Gasteiger partial charge in [0, 0.05) is 0 Å². The van der Waals surface area contributed by atoms with Crippen molar-refractivity contribution in [3.63, 3.8) is 0 Å². The van der Waals surface area contributed by atoms with Gasteiger partial charge in [0.1, 0.15) is 5.82 Å². The number of alkyl halides is 3. The van der Waals surface area contributed by atoms with E-state index >= 15 is 0 Å². The summed E-state index contributed by atoms with van der Waals surface area (Å²) in [4.78, 5) is 0. The van der Waals surface area contributed by atoms with E-state index in [1.54, 1.807) is 13.0 Å². The SMILES string of the molecule is Cc1ccc(-c2cc(F)cc3c2CCCC3)c(C(F)(F)F)c1. The average Bonchev–Trinajstić information content (AvgIpc) is 2.45. The van der Waals surface area contributed by atoms with Crippen molar-refractivity contribution in [1.82, 2.24) is 0 Å². The number of rotatable bonds is 1. The smallest absolute Gasteiger partial charge is 0.207 e. The van der Waals surface area contributed by atoms with Crippen molar-refractivity contribution in [2.24, 2.45) is 0 Å². The van der Waals surface area contributed by atoms with Gasteiger partial charge in [-0.05, 0) is 73.1 Å². The van der Waals surface area contributed by atoms with Crippen LogP contribution in [-0.2, 0) is 19.0 Å². The van der Waals surface area contributed by atoms with Crippen LogP contribution in [0.4, 0.5) is 17.6 Å². The zero-order valence-electron chi connectivity index (χ0n) is 12.2. The van der Waals surface area contributed by atoms with Crippen LogP contribution in [0.2, 0.25) is 0 Å². The van der Waals surface area contributed by atoms with Gasteiger partial charge < -0.3 is 0 Å². The van der Waals surface area contributed by atoms with Gasteiger partial charge in [-0.1, -0.05) is 17.7 Å². The molecule has 2 aromatic carbocycles. The second-order valence-corrected chi connectivity index (χ2v) is 5.84. The van der Waals surface area contributed by atoms with Crippen LogP contribution in [-0.4, -0.2) is 0 Å². The molecule has 0 aliphatic heterocycles. The fraction of sp³-hybridized carbons (Fsp3) is 0.333. The monoisotopic (exact) mass is 308 g/mol. The maximum Gasteiger partial charge on any atom is 0.417 e. The predicted octanol–water partition coefficient (Wildman–Crippen LogP) is 5.70. The lowest BCUT2D eigenvalue weighted by atomic mass is 9.84. The van der Waals surface area contributed by atoms with Gasteiger partial charge in [0.25, 0.3) is 0 Å². The molecule has 0 nitrogen and oxygen atoms in total. The molecule has 0 radical (unpaired) electrons. The van der Waals surface area contributed by atoms with Crippen molar-refractivity contribution in [1.29, 1.82) is 0 Å². The molecule has 0 spiro atoms. The lowest BCUT2D eigenvalue weighted by molar-refractivity contribution is -0.137. The third-order valence-electron chi connectivity index (χ3n) is 4.20. The van der Waals surface area contributed by atoms with E-state index in [0.29, 0.717) is 17.5 Å². The molecule has 4 heteroatoms. The molecule has 1 aliphatic carbocycles. The number of benzene rings is 2. The van der Waals surface area contributed by atoms with Crippen LogP contribution >= 0.6 is 0 Å². The largest absolute Gasteiger partial charge is 0.417 e. The summed E-state index contributed by atoms with van der Waals surface area (Å²) in [5.41, 5.74) is 2.03. The van der Waals surface area contributed by atoms with Gasteiger partial charge in [0.15, 0.2) is 0 Å². The lowest BCUT2D eigenvalue weighted by Gasteiger charge is -2.22. The zero-order chi connectivity index (χ0) is 15.9. The third-order valence-corrected chi connectivity index (χ3v) is 4.20. The van der Waals surface area contributed by atoms with Gasteiger partial charge in [-0.25, -0.2) is 4.39 Å². The van der Waals surface area contributed by atoms with E-state index in [1.165, 1.54) is 18.2 Å². The van der Waals surface area contributed by atoms with Gasteiger partial charge in [-0.3, -0.25) is 0 Å². The Balaban J connectivity index is 2.26. The molecule has 0 saturated heterocycles. The van der Waals surface area contributed by atoms with Crippen LogP contribution in [0.15, 0.2) is 30.3 Å². The first-order valence-electron chi connectivity index (χ1n) is 7.36. The first kappa shape index (κ1) is 15.1. The fourth-order valence-electron chi connectivity index (χ4n) is 3.20. The summed E-state index contributed by atoms with van der Waals surface area (Å²) in [7, 11) is 0. The van der Waals surface area contributed by atoms with Crippen molar-refractivity contribution >= 4 is 0 Å². The second-order valence-electron chi connectivity index (χ2n) is 5.84. The Morgan fingerprint density at radius 1 is 0.909 bits per heavy atom. The van der Waals surface area contributed by atoms with E-state index < -0.39 is 17.6 Å². The first-order chi connectivity index (χ1) is 10.4. The van der Waals surface area contributed by atoms with Crippen LogP contribution in [0.1, 0.15) is 35.1 Å². The van der Waals surface area contributed by atoms with Crippen molar-refractivity contribution in [2.75, 3.05) is 0 Å². The molecule has 0 amide bonds.